The first kappa shape index (κ1) is 20.9. The molecule has 2 aromatic carbocycles. The third-order valence-corrected chi connectivity index (χ3v) is 5.57. The molecule has 0 aliphatic carbocycles. The summed E-state index contributed by atoms with van der Waals surface area (Å²) in [5.74, 6) is 7.11. The van der Waals surface area contributed by atoms with Crippen LogP contribution in [0.2, 0.25) is 0 Å². The van der Waals surface area contributed by atoms with E-state index in [1.54, 1.807) is 0 Å². The van der Waals surface area contributed by atoms with Crippen LogP contribution in [0.15, 0.2) is 53.7 Å². The van der Waals surface area contributed by atoms with Crippen molar-refractivity contribution in [2.45, 2.75) is 38.9 Å². The molecule has 152 valence electrons. The van der Waals surface area contributed by atoms with Gasteiger partial charge in [0, 0.05) is 18.7 Å². The molecule has 0 radical (unpaired) electrons. The topological polar surface area (TPSA) is 77.0 Å². The molecule has 0 unspecified atom stereocenters. The minimum Gasteiger partial charge on any atom is -0.338 e. The number of nitrogens with zero attached hydrogens (tertiary/aromatic N) is 4. The maximum absolute atomic E-state index is 12.8. The van der Waals surface area contributed by atoms with Gasteiger partial charge < -0.3 is 10.7 Å². The SMILES string of the molecule is CCCN(Cc1ccc(C)cc1)C(=O)CSc1nnc(-c2ccc(C)cc2)n1N. The van der Waals surface area contributed by atoms with E-state index in [4.69, 9.17) is 5.84 Å². The van der Waals surface area contributed by atoms with Gasteiger partial charge in [0.05, 0.1) is 5.75 Å². The molecule has 0 aliphatic rings. The Kier molecular flexibility index (Phi) is 6.93. The second-order valence-corrected chi connectivity index (χ2v) is 8.07. The number of hydrogen-bond acceptors (Lipinski definition) is 5. The highest BCUT2D eigenvalue weighted by atomic mass is 32.2. The minimum atomic E-state index is 0.0670. The molecule has 0 saturated heterocycles. The first-order chi connectivity index (χ1) is 14.0. The molecule has 0 fully saturated rings. The highest BCUT2D eigenvalue weighted by Gasteiger charge is 2.17. The molecule has 0 saturated carbocycles. The third kappa shape index (κ3) is 5.38. The van der Waals surface area contributed by atoms with Gasteiger partial charge >= 0.3 is 0 Å². The molecule has 0 atom stereocenters. The molecule has 29 heavy (non-hydrogen) atoms. The van der Waals surface area contributed by atoms with Crippen molar-refractivity contribution in [2.24, 2.45) is 0 Å². The van der Waals surface area contributed by atoms with Gasteiger partial charge in [-0.1, -0.05) is 78.3 Å². The van der Waals surface area contributed by atoms with Crippen LogP contribution in [-0.2, 0) is 11.3 Å². The van der Waals surface area contributed by atoms with Gasteiger partial charge in [-0.15, -0.1) is 10.2 Å². The number of nitrogens with two attached hydrogens (primary N) is 1. The zero-order valence-electron chi connectivity index (χ0n) is 17.1. The summed E-state index contributed by atoms with van der Waals surface area (Å²) in [6.07, 6.45) is 0.910. The van der Waals surface area contributed by atoms with Crippen LogP contribution in [0.4, 0.5) is 0 Å². The van der Waals surface area contributed by atoms with Gasteiger partial charge in [-0.2, -0.15) is 0 Å². The smallest absolute Gasteiger partial charge is 0.233 e. The lowest BCUT2D eigenvalue weighted by molar-refractivity contribution is -0.129. The molecule has 0 aliphatic heterocycles. The van der Waals surface area contributed by atoms with Crippen LogP contribution in [0, 0.1) is 13.8 Å². The lowest BCUT2D eigenvalue weighted by atomic mass is 10.1. The van der Waals surface area contributed by atoms with E-state index in [1.165, 1.54) is 27.6 Å². The molecule has 1 aromatic heterocycles. The number of carbonyl (C=O) groups is 1. The molecular weight excluding hydrogens is 382 g/mol. The molecule has 2 N–H and O–H groups in total. The number of benzene rings is 2. The maximum Gasteiger partial charge on any atom is 0.233 e. The Labute approximate surface area is 176 Å². The molecular formula is C22H27N5OS. The highest BCUT2D eigenvalue weighted by molar-refractivity contribution is 7.99. The van der Waals surface area contributed by atoms with Gasteiger partial charge in [0.2, 0.25) is 11.1 Å². The standard InChI is InChI=1S/C22H27N5OS/c1-4-13-26(14-18-9-5-16(2)6-10-18)20(28)15-29-22-25-24-21(27(22)23)19-11-7-17(3)8-12-19/h5-12H,4,13-15,23H2,1-3H3. The van der Waals surface area contributed by atoms with Crippen LogP contribution in [-0.4, -0.2) is 38.0 Å². The van der Waals surface area contributed by atoms with E-state index in [1.807, 2.05) is 36.1 Å². The second kappa shape index (κ2) is 9.60. The number of aromatic nitrogens is 3. The van der Waals surface area contributed by atoms with Crippen LogP contribution >= 0.6 is 11.8 Å². The van der Waals surface area contributed by atoms with Gasteiger partial charge in [-0.3, -0.25) is 4.79 Å². The third-order valence-electron chi connectivity index (χ3n) is 4.64. The van der Waals surface area contributed by atoms with Crippen molar-refractivity contribution >= 4 is 17.7 Å². The summed E-state index contributed by atoms with van der Waals surface area (Å²) in [6, 6.07) is 16.2. The van der Waals surface area contributed by atoms with E-state index in [2.05, 4.69) is 48.3 Å². The monoisotopic (exact) mass is 409 g/mol. The van der Waals surface area contributed by atoms with E-state index in [-0.39, 0.29) is 11.7 Å². The van der Waals surface area contributed by atoms with Crippen molar-refractivity contribution in [3.8, 4) is 11.4 Å². The molecule has 0 spiro atoms. The van der Waals surface area contributed by atoms with Crippen molar-refractivity contribution in [2.75, 3.05) is 18.1 Å². The summed E-state index contributed by atoms with van der Waals surface area (Å²) in [7, 11) is 0. The van der Waals surface area contributed by atoms with E-state index >= 15 is 0 Å². The van der Waals surface area contributed by atoms with Gasteiger partial charge in [-0.25, -0.2) is 4.68 Å². The lowest BCUT2D eigenvalue weighted by Gasteiger charge is -2.22. The summed E-state index contributed by atoms with van der Waals surface area (Å²) >= 11 is 1.31. The second-order valence-electron chi connectivity index (χ2n) is 7.13. The van der Waals surface area contributed by atoms with Crippen LogP contribution in [0.25, 0.3) is 11.4 Å². The zero-order valence-corrected chi connectivity index (χ0v) is 17.9. The number of carbonyl (C=O) groups excluding carboxylic acids is 1. The average Bonchev–Trinajstić information content (AvgIpc) is 3.08. The quantitative estimate of drug-likeness (QED) is 0.452. The summed E-state index contributed by atoms with van der Waals surface area (Å²) < 4.78 is 1.45. The molecule has 3 aromatic rings. The number of nitrogen functional groups attached to an aromatic ring is 1. The first-order valence-electron chi connectivity index (χ1n) is 9.71. The minimum absolute atomic E-state index is 0.0670. The molecule has 0 bridgehead atoms. The van der Waals surface area contributed by atoms with Crippen molar-refractivity contribution in [1.82, 2.24) is 19.8 Å². The number of aryl methyl sites for hydroxylation is 2. The van der Waals surface area contributed by atoms with Gasteiger partial charge in [0.15, 0.2) is 5.82 Å². The Balaban J connectivity index is 1.65. The Bertz CT molecular complexity index is 950. The van der Waals surface area contributed by atoms with Crippen molar-refractivity contribution < 1.29 is 4.79 Å². The van der Waals surface area contributed by atoms with Gasteiger partial charge in [0.25, 0.3) is 0 Å². The van der Waals surface area contributed by atoms with E-state index in [0.717, 1.165) is 24.1 Å². The van der Waals surface area contributed by atoms with Crippen LogP contribution < -0.4 is 5.84 Å². The van der Waals surface area contributed by atoms with Gasteiger partial charge in [0.1, 0.15) is 0 Å². The van der Waals surface area contributed by atoms with Crippen molar-refractivity contribution in [1.29, 1.82) is 0 Å². The fraction of sp³-hybridized carbons (Fsp3) is 0.318. The molecule has 1 heterocycles. The Hall–Kier alpha value is -2.80. The van der Waals surface area contributed by atoms with Crippen molar-refractivity contribution in [3.63, 3.8) is 0 Å². The summed E-state index contributed by atoms with van der Waals surface area (Å²) in [6.45, 7) is 7.49. The lowest BCUT2D eigenvalue weighted by Crippen LogP contribution is -2.32. The van der Waals surface area contributed by atoms with E-state index < -0.39 is 0 Å². The Morgan fingerprint density at radius 2 is 1.66 bits per heavy atom. The van der Waals surface area contributed by atoms with Crippen LogP contribution in [0.5, 0.6) is 0 Å². The Morgan fingerprint density at radius 1 is 1.03 bits per heavy atom. The molecule has 1 amide bonds. The number of thioether (sulfide) groups is 1. The first-order valence-corrected chi connectivity index (χ1v) is 10.7. The number of hydrogen-bond donors (Lipinski definition) is 1. The largest absolute Gasteiger partial charge is 0.338 e. The number of amides is 1. The highest BCUT2D eigenvalue weighted by Crippen LogP contribution is 2.22. The summed E-state index contributed by atoms with van der Waals surface area (Å²) in [5.41, 5.74) is 4.41. The maximum atomic E-state index is 12.8. The normalized spacial score (nSPS) is 10.9. The van der Waals surface area contributed by atoms with E-state index in [0.29, 0.717) is 17.5 Å². The number of rotatable bonds is 8. The predicted molar refractivity (Wildman–Crippen MR) is 118 cm³/mol. The summed E-state index contributed by atoms with van der Waals surface area (Å²) in [5, 5.41) is 8.89. The van der Waals surface area contributed by atoms with Crippen LogP contribution in [0.1, 0.15) is 30.0 Å². The van der Waals surface area contributed by atoms with E-state index in [9.17, 15) is 4.79 Å². The summed E-state index contributed by atoms with van der Waals surface area (Å²) in [4.78, 5) is 14.7. The van der Waals surface area contributed by atoms with Crippen molar-refractivity contribution in [3.05, 3.63) is 65.2 Å². The molecule has 7 heteroatoms. The fourth-order valence-electron chi connectivity index (χ4n) is 2.97. The van der Waals surface area contributed by atoms with Gasteiger partial charge in [-0.05, 0) is 25.8 Å². The Morgan fingerprint density at radius 3 is 2.28 bits per heavy atom. The average molecular weight is 410 g/mol. The predicted octanol–water partition coefficient (Wildman–Crippen LogP) is 3.81. The van der Waals surface area contributed by atoms with Crippen LogP contribution in [0.3, 0.4) is 0 Å². The zero-order chi connectivity index (χ0) is 20.8. The molecule has 6 nitrogen and oxygen atoms in total. The fourth-order valence-corrected chi connectivity index (χ4v) is 3.73. The molecule has 3 rings (SSSR count).